The number of amides is 1. The lowest BCUT2D eigenvalue weighted by molar-refractivity contribution is -0.123. The molecule has 0 aliphatic heterocycles. The number of hydrogen-bond acceptors (Lipinski definition) is 3. The highest BCUT2D eigenvalue weighted by Gasteiger charge is 2.14. The fourth-order valence-corrected chi connectivity index (χ4v) is 0.704. The third-order valence-electron chi connectivity index (χ3n) is 1.21. The van der Waals surface area contributed by atoms with E-state index in [-0.39, 0.29) is 0 Å². The molecule has 4 heteroatoms. The standard InChI is InChI=1S/C6H14N2O2/c1-4(2)3-5(8-10)6(7)9/h4-5,8,10H,3H2,1-2H3,(H2,7,9)/t5-/m0/s1. The summed E-state index contributed by atoms with van der Waals surface area (Å²) in [5, 5.41) is 8.39. The summed E-state index contributed by atoms with van der Waals surface area (Å²) in [5.41, 5.74) is 6.79. The Labute approximate surface area is 60.4 Å². The molecule has 4 N–H and O–H groups in total. The Kier molecular flexibility index (Phi) is 3.99. The van der Waals surface area contributed by atoms with E-state index in [1.807, 2.05) is 19.3 Å². The molecule has 0 bridgehead atoms. The van der Waals surface area contributed by atoms with Gasteiger partial charge < -0.3 is 10.9 Å². The molecular formula is C6H14N2O2. The van der Waals surface area contributed by atoms with Crippen molar-refractivity contribution in [1.29, 1.82) is 0 Å². The minimum absolute atomic E-state index is 0.345. The van der Waals surface area contributed by atoms with Crippen molar-refractivity contribution >= 4 is 5.91 Å². The largest absolute Gasteiger partial charge is 0.368 e. The second-order valence-corrected chi connectivity index (χ2v) is 2.71. The molecule has 0 aromatic rings. The number of hydrogen-bond donors (Lipinski definition) is 3. The normalized spacial score (nSPS) is 13.6. The van der Waals surface area contributed by atoms with Crippen LogP contribution in [0.5, 0.6) is 0 Å². The summed E-state index contributed by atoms with van der Waals surface area (Å²) in [7, 11) is 0. The van der Waals surface area contributed by atoms with Crippen LogP contribution in [0.25, 0.3) is 0 Å². The van der Waals surface area contributed by atoms with Crippen molar-refractivity contribution in [3.8, 4) is 0 Å². The first-order chi connectivity index (χ1) is 4.57. The van der Waals surface area contributed by atoms with Crippen LogP contribution in [0.15, 0.2) is 0 Å². The van der Waals surface area contributed by atoms with E-state index in [0.717, 1.165) is 0 Å². The number of rotatable bonds is 4. The Hall–Kier alpha value is -0.610. The lowest BCUT2D eigenvalue weighted by Gasteiger charge is -2.12. The third kappa shape index (κ3) is 3.42. The molecule has 0 radical (unpaired) electrons. The van der Waals surface area contributed by atoms with Crippen LogP contribution in [0.4, 0.5) is 0 Å². The summed E-state index contributed by atoms with van der Waals surface area (Å²) in [4.78, 5) is 10.5. The molecule has 0 rings (SSSR count). The average molecular weight is 146 g/mol. The van der Waals surface area contributed by atoms with E-state index >= 15 is 0 Å². The highest BCUT2D eigenvalue weighted by molar-refractivity contribution is 5.79. The van der Waals surface area contributed by atoms with Crippen LogP contribution in [0.2, 0.25) is 0 Å². The van der Waals surface area contributed by atoms with Gasteiger partial charge in [0.2, 0.25) is 5.91 Å². The number of primary amides is 1. The minimum Gasteiger partial charge on any atom is -0.368 e. The second-order valence-electron chi connectivity index (χ2n) is 2.71. The highest BCUT2D eigenvalue weighted by atomic mass is 16.5. The topological polar surface area (TPSA) is 75.3 Å². The first-order valence-electron chi connectivity index (χ1n) is 3.26. The van der Waals surface area contributed by atoms with Gasteiger partial charge >= 0.3 is 0 Å². The number of carbonyl (C=O) groups is 1. The average Bonchev–Trinajstić information content (AvgIpc) is 1.81. The third-order valence-corrected chi connectivity index (χ3v) is 1.21. The molecule has 0 spiro atoms. The van der Waals surface area contributed by atoms with Crippen LogP contribution in [0.3, 0.4) is 0 Å². The first-order valence-corrected chi connectivity index (χ1v) is 3.26. The Morgan fingerprint density at radius 2 is 2.20 bits per heavy atom. The molecule has 0 saturated heterocycles. The number of hydroxylamine groups is 1. The van der Waals surface area contributed by atoms with Crippen LogP contribution in [-0.4, -0.2) is 17.2 Å². The van der Waals surface area contributed by atoms with Gasteiger partial charge in [0.25, 0.3) is 0 Å². The Bertz CT molecular complexity index is 114. The van der Waals surface area contributed by atoms with Gasteiger partial charge in [0.1, 0.15) is 6.04 Å². The van der Waals surface area contributed by atoms with Crippen molar-refractivity contribution in [3.05, 3.63) is 0 Å². The van der Waals surface area contributed by atoms with Gasteiger partial charge in [-0.1, -0.05) is 13.8 Å². The lowest BCUT2D eigenvalue weighted by atomic mass is 10.0. The highest BCUT2D eigenvalue weighted by Crippen LogP contribution is 2.02. The van der Waals surface area contributed by atoms with E-state index in [0.29, 0.717) is 12.3 Å². The molecule has 0 aromatic carbocycles. The maximum atomic E-state index is 10.5. The molecule has 0 fully saturated rings. The zero-order valence-electron chi connectivity index (χ0n) is 6.29. The minimum atomic E-state index is -0.611. The smallest absolute Gasteiger partial charge is 0.236 e. The van der Waals surface area contributed by atoms with Gasteiger partial charge in [0.15, 0.2) is 0 Å². The summed E-state index contributed by atoms with van der Waals surface area (Å²) in [6, 6.07) is -0.611. The van der Waals surface area contributed by atoms with E-state index in [2.05, 4.69) is 0 Å². The predicted molar refractivity (Wildman–Crippen MR) is 37.4 cm³/mol. The van der Waals surface area contributed by atoms with Gasteiger partial charge in [-0.25, -0.2) is 0 Å². The molecule has 0 aliphatic carbocycles. The second kappa shape index (κ2) is 4.24. The number of nitrogens with one attached hydrogen (secondary N) is 1. The van der Waals surface area contributed by atoms with E-state index in [1.54, 1.807) is 0 Å². The Morgan fingerprint density at radius 1 is 1.70 bits per heavy atom. The maximum absolute atomic E-state index is 10.5. The van der Waals surface area contributed by atoms with Crippen LogP contribution in [-0.2, 0) is 4.79 Å². The van der Waals surface area contributed by atoms with Crippen molar-refractivity contribution in [2.24, 2.45) is 11.7 Å². The molecule has 60 valence electrons. The summed E-state index contributed by atoms with van der Waals surface area (Å²) in [6.45, 7) is 3.90. The van der Waals surface area contributed by atoms with Crippen molar-refractivity contribution < 1.29 is 10.0 Å². The monoisotopic (exact) mass is 146 g/mol. The van der Waals surface area contributed by atoms with Gasteiger partial charge in [0, 0.05) is 0 Å². The zero-order valence-corrected chi connectivity index (χ0v) is 6.29. The predicted octanol–water partition coefficient (Wildman–Crippen LogP) is -0.135. The van der Waals surface area contributed by atoms with Gasteiger partial charge in [-0.3, -0.25) is 4.79 Å². The van der Waals surface area contributed by atoms with E-state index in [4.69, 9.17) is 10.9 Å². The van der Waals surface area contributed by atoms with Crippen molar-refractivity contribution in [2.45, 2.75) is 26.3 Å². The molecule has 0 aliphatic rings. The van der Waals surface area contributed by atoms with E-state index in [9.17, 15) is 4.79 Å². The molecule has 4 nitrogen and oxygen atoms in total. The molecule has 0 unspecified atom stereocenters. The van der Waals surface area contributed by atoms with Crippen LogP contribution in [0, 0.1) is 5.92 Å². The zero-order chi connectivity index (χ0) is 8.15. The van der Waals surface area contributed by atoms with Gasteiger partial charge in [-0.2, -0.15) is 5.48 Å². The first kappa shape index (κ1) is 9.39. The van der Waals surface area contributed by atoms with Crippen LogP contribution < -0.4 is 11.2 Å². The number of carbonyl (C=O) groups excluding carboxylic acids is 1. The summed E-state index contributed by atoms with van der Waals surface area (Å²) >= 11 is 0. The Morgan fingerprint density at radius 3 is 2.30 bits per heavy atom. The van der Waals surface area contributed by atoms with Gasteiger partial charge in [-0.15, -0.1) is 0 Å². The van der Waals surface area contributed by atoms with Gasteiger partial charge in [-0.05, 0) is 12.3 Å². The summed E-state index contributed by atoms with van der Waals surface area (Å²) < 4.78 is 0. The van der Waals surface area contributed by atoms with E-state index in [1.165, 1.54) is 0 Å². The van der Waals surface area contributed by atoms with Crippen LogP contribution >= 0.6 is 0 Å². The molecule has 0 aromatic heterocycles. The van der Waals surface area contributed by atoms with Crippen LogP contribution in [0.1, 0.15) is 20.3 Å². The molecule has 1 atom stereocenters. The summed E-state index contributed by atoms with van der Waals surface area (Å²) in [6.07, 6.45) is 0.561. The maximum Gasteiger partial charge on any atom is 0.236 e. The van der Waals surface area contributed by atoms with Crippen molar-refractivity contribution in [2.75, 3.05) is 0 Å². The Balaban J connectivity index is 3.72. The molecular weight excluding hydrogens is 132 g/mol. The van der Waals surface area contributed by atoms with Gasteiger partial charge in [0.05, 0.1) is 0 Å². The SMILES string of the molecule is CC(C)C[C@H](NO)C(N)=O. The fourth-order valence-electron chi connectivity index (χ4n) is 0.704. The fraction of sp³-hybridized carbons (Fsp3) is 0.833. The summed E-state index contributed by atoms with van der Waals surface area (Å²) in [5.74, 6) is -0.173. The molecule has 10 heavy (non-hydrogen) atoms. The van der Waals surface area contributed by atoms with Crippen molar-refractivity contribution in [1.82, 2.24) is 5.48 Å². The van der Waals surface area contributed by atoms with Crippen molar-refractivity contribution in [3.63, 3.8) is 0 Å². The molecule has 1 amide bonds. The number of nitrogens with two attached hydrogens (primary N) is 1. The van der Waals surface area contributed by atoms with E-state index < -0.39 is 11.9 Å². The lowest BCUT2D eigenvalue weighted by Crippen LogP contribution is -2.40. The molecule has 0 heterocycles. The molecule has 0 saturated carbocycles. The quantitative estimate of drug-likeness (QED) is 0.483.